The van der Waals surface area contributed by atoms with E-state index in [1.54, 1.807) is 13.2 Å². The van der Waals surface area contributed by atoms with Crippen molar-refractivity contribution in [3.05, 3.63) is 28.3 Å². The van der Waals surface area contributed by atoms with Gasteiger partial charge in [-0.25, -0.2) is 0 Å². The number of carboxylic acid groups (broad SMARTS) is 1. The minimum atomic E-state index is -0.910. The van der Waals surface area contributed by atoms with Crippen LogP contribution in [-0.2, 0) is 4.79 Å². The summed E-state index contributed by atoms with van der Waals surface area (Å²) in [4.78, 5) is 10.8. The summed E-state index contributed by atoms with van der Waals surface area (Å²) in [6.07, 6.45) is 4.54. The zero-order valence-corrected chi connectivity index (χ0v) is 12.3. The first-order chi connectivity index (χ1) is 9.52. The van der Waals surface area contributed by atoms with Crippen molar-refractivity contribution in [2.24, 2.45) is 5.73 Å². The maximum atomic E-state index is 10.8. The van der Waals surface area contributed by atoms with Crippen LogP contribution >= 0.6 is 11.6 Å². The van der Waals surface area contributed by atoms with Crippen LogP contribution in [0.5, 0.6) is 5.75 Å². The number of ether oxygens (including phenoxy) is 1. The third-order valence-corrected chi connectivity index (χ3v) is 4.20. The lowest BCUT2D eigenvalue weighted by Crippen LogP contribution is -2.15. The lowest BCUT2D eigenvalue weighted by molar-refractivity contribution is -0.137. The first kappa shape index (κ1) is 15.1. The average Bonchev–Trinajstić information content (AvgIpc) is 2.90. The van der Waals surface area contributed by atoms with Gasteiger partial charge in [-0.3, -0.25) is 4.79 Å². The Morgan fingerprint density at radius 3 is 2.70 bits per heavy atom. The zero-order chi connectivity index (χ0) is 14.7. The van der Waals surface area contributed by atoms with Crippen molar-refractivity contribution in [1.82, 2.24) is 0 Å². The molecule has 4 nitrogen and oxygen atoms in total. The highest BCUT2D eigenvalue weighted by Crippen LogP contribution is 2.43. The van der Waals surface area contributed by atoms with Crippen molar-refractivity contribution < 1.29 is 14.6 Å². The normalized spacial score (nSPS) is 17.1. The van der Waals surface area contributed by atoms with Gasteiger partial charge < -0.3 is 15.6 Å². The highest BCUT2D eigenvalue weighted by molar-refractivity contribution is 6.32. The molecule has 0 heterocycles. The Bertz CT molecular complexity index is 498. The van der Waals surface area contributed by atoms with E-state index >= 15 is 0 Å². The molecule has 0 saturated heterocycles. The molecule has 1 aromatic carbocycles. The second-order valence-electron chi connectivity index (χ2n) is 5.31. The molecule has 5 heteroatoms. The molecule has 1 atom stereocenters. The summed E-state index contributed by atoms with van der Waals surface area (Å²) in [6.45, 7) is 0. The van der Waals surface area contributed by atoms with Crippen LogP contribution in [0.1, 0.15) is 55.2 Å². The number of benzene rings is 1. The quantitative estimate of drug-likeness (QED) is 0.872. The van der Waals surface area contributed by atoms with Crippen molar-refractivity contribution in [2.45, 2.75) is 44.1 Å². The number of aliphatic carboxylic acids is 1. The van der Waals surface area contributed by atoms with Gasteiger partial charge in [0.05, 0.1) is 18.6 Å². The molecule has 1 fully saturated rings. The summed E-state index contributed by atoms with van der Waals surface area (Å²) < 4.78 is 5.42. The minimum Gasteiger partial charge on any atom is -0.495 e. The fourth-order valence-electron chi connectivity index (χ4n) is 2.91. The SMILES string of the molecule is COc1c(Cl)cc(C(N)CC(=O)O)cc1C1CCCC1. The van der Waals surface area contributed by atoms with Gasteiger partial charge in [0.25, 0.3) is 0 Å². The second kappa shape index (κ2) is 6.46. The fourth-order valence-corrected chi connectivity index (χ4v) is 3.22. The summed E-state index contributed by atoms with van der Waals surface area (Å²) in [5.74, 6) is 0.219. The Kier molecular flexibility index (Phi) is 4.89. The molecule has 0 amide bonds. The Balaban J connectivity index is 2.37. The summed E-state index contributed by atoms with van der Waals surface area (Å²) in [7, 11) is 1.61. The van der Waals surface area contributed by atoms with E-state index in [9.17, 15) is 4.79 Å². The van der Waals surface area contributed by atoms with Crippen LogP contribution in [0, 0.1) is 0 Å². The Morgan fingerprint density at radius 1 is 1.50 bits per heavy atom. The Hall–Kier alpha value is -1.26. The number of carboxylic acids is 1. The van der Waals surface area contributed by atoms with Gasteiger partial charge in [0, 0.05) is 6.04 Å². The zero-order valence-electron chi connectivity index (χ0n) is 11.6. The largest absolute Gasteiger partial charge is 0.495 e. The number of methoxy groups -OCH3 is 1. The van der Waals surface area contributed by atoms with E-state index in [-0.39, 0.29) is 6.42 Å². The molecule has 0 aliphatic heterocycles. The maximum Gasteiger partial charge on any atom is 0.305 e. The molecule has 0 bridgehead atoms. The van der Waals surface area contributed by atoms with E-state index in [0.29, 0.717) is 16.7 Å². The molecule has 2 rings (SSSR count). The summed E-state index contributed by atoms with van der Waals surface area (Å²) >= 11 is 6.27. The molecular weight excluding hydrogens is 278 g/mol. The summed E-state index contributed by atoms with van der Waals surface area (Å²) in [6, 6.07) is 3.14. The van der Waals surface area contributed by atoms with Crippen molar-refractivity contribution in [1.29, 1.82) is 0 Å². The van der Waals surface area contributed by atoms with Gasteiger partial charge >= 0.3 is 5.97 Å². The number of hydrogen-bond acceptors (Lipinski definition) is 3. The van der Waals surface area contributed by atoms with Crippen LogP contribution in [0.25, 0.3) is 0 Å². The van der Waals surface area contributed by atoms with E-state index < -0.39 is 12.0 Å². The summed E-state index contributed by atoms with van der Waals surface area (Å²) in [5, 5.41) is 9.37. The highest BCUT2D eigenvalue weighted by atomic mass is 35.5. The third kappa shape index (κ3) is 3.25. The Labute approximate surface area is 123 Å². The van der Waals surface area contributed by atoms with Gasteiger partial charge in [-0.2, -0.15) is 0 Å². The van der Waals surface area contributed by atoms with Gasteiger partial charge in [0.1, 0.15) is 5.75 Å². The van der Waals surface area contributed by atoms with Crippen LogP contribution < -0.4 is 10.5 Å². The molecular formula is C15H20ClNO3. The monoisotopic (exact) mass is 297 g/mol. The molecule has 1 saturated carbocycles. The van der Waals surface area contributed by atoms with Crippen LogP contribution in [0.3, 0.4) is 0 Å². The van der Waals surface area contributed by atoms with Gasteiger partial charge in [-0.15, -0.1) is 0 Å². The van der Waals surface area contributed by atoms with Crippen LogP contribution in [-0.4, -0.2) is 18.2 Å². The second-order valence-corrected chi connectivity index (χ2v) is 5.72. The standard InChI is InChI=1S/C15H20ClNO3/c1-20-15-11(9-4-2-3-5-9)6-10(7-12(15)16)13(17)8-14(18)19/h6-7,9,13H,2-5,8,17H2,1H3,(H,18,19). The maximum absolute atomic E-state index is 10.8. The lowest BCUT2D eigenvalue weighted by atomic mass is 9.92. The third-order valence-electron chi connectivity index (χ3n) is 3.92. The van der Waals surface area contributed by atoms with Crippen molar-refractivity contribution in [2.75, 3.05) is 7.11 Å². The van der Waals surface area contributed by atoms with Crippen molar-refractivity contribution in [3.63, 3.8) is 0 Å². The predicted molar refractivity (Wildman–Crippen MR) is 78.4 cm³/mol. The van der Waals surface area contributed by atoms with Crippen LogP contribution in [0.2, 0.25) is 5.02 Å². The molecule has 1 unspecified atom stereocenters. The molecule has 20 heavy (non-hydrogen) atoms. The van der Waals surface area contributed by atoms with Crippen molar-refractivity contribution >= 4 is 17.6 Å². The average molecular weight is 298 g/mol. The Morgan fingerprint density at radius 2 is 2.15 bits per heavy atom. The van der Waals surface area contributed by atoms with Crippen LogP contribution in [0.15, 0.2) is 12.1 Å². The van der Waals surface area contributed by atoms with Gasteiger partial charge in [-0.1, -0.05) is 30.5 Å². The predicted octanol–water partition coefficient (Wildman–Crippen LogP) is 3.48. The van der Waals surface area contributed by atoms with E-state index in [1.165, 1.54) is 12.8 Å². The fraction of sp³-hybridized carbons (Fsp3) is 0.533. The molecule has 0 spiro atoms. The number of hydrogen-bond donors (Lipinski definition) is 2. The first-order valence-electron chi connectivity index (χ1n) is 6.87. The first-order valence-corrected chi connectivity index (χ1v) is 7.25. The van der Waals surface area contributed by atoms with Gasteiger partial charge in [-0.05, 0) is 36.0 Å². The molecule has 0 aromatic heterocycles. The number of carbonyl (C=O) groups is 1. The van der Waals surface area contributed by atoms with E-state index in [4.69, 9.17) is 27.2 Å². The highest BCUT2D eigenvalue weighted by Gasteiger charge is 2.24. The lowest BCUT2D eigenvalue weighted by Gasteiger charge is -2.19. The number of halogens is 1. The van der Waals surface area contributed by atoms with Crippen LogP contribution in [0.4, 0.5) is 0 Å². The smallest absolute Gasteiger partial charge is 0.305 e. The van der Waals surface area contributed by atoms with E-state index in [2.05, 4.69) is 0 Å². The topological polar surface area (TPSA) is 72.5 Å². The number of nitrogens with two attached hydrogens (primary N) is 1. The molecule has 0 radical (unpaired) electrons. The van der Waals surface area contributed by atoms with E-state index in [0.717, 1.165) is 24.0 Å². The van der Waals surface area contributed by atoms with Crippen molar-refractivity contribution in [3.8, 4) is 5.75 Å². The molecule has 110 valence electrons. The minimum absolute atomic E-state index is 0.104. The molecule has 1 aliphatic carbocycles. The van der Waals surface area contributed by atoms with Gasteiger partial charge in [0.2, 0.25) is 0 Å². The van der Waals surface area contributed by atoms with E-state index in [1.807, 2.05) is 6.07 Å². The van der Waals surface area contributed by atoms with Gasteiger partial charge in [0.15, 0.2) is 0 Å². The molecule has 1 aromatic rings. The number of rotatable bonds is 5. The summed E-state index contributed by atoms with van der Waals surface area (Å²) in [5.41, 5.74) is 7.77. The molecule has 3 N–H and O–H groups in total. The molecule has 1 aliphatic rings.